The second-order valence-electron chi connectivity index (χ2n) is 3.59. The maximum atomic E-state index is 5.91. The average Bonchev–Trinajstić information content (AvgIpc) is 2.13. The maximum absolute atomic E-state index is 5.91. The van der Waals surface area contributed by atoms with Gasteiger partial charge in [-0.2, -0.15) is 0 Å². The van der Waals surface area contributed by atoms with Crippen molar-refractivity contribution >= 4 is 11.6 Å². The molecular formula is C12H16Cl. The number of halogens is 1. The van der Waals surface area contributed by atoms with Gasteiger partial charge in [-0.15, -0.1) is 11.6 Å². The Bertz CT molecular complexity index is 308. The first-order valence-electron chi connectivity index (χ1n) is 4.47. The van der Waals surface area contributed by atoms with Gasteiger partial charge in [0.15, 0.2) is 0 Å². The molecule has 1 radical (unpaired) electrons. The Hall–Kier alpha value is -0.490. The summed E-state index contributed by atoms with van der Waals surface area (Å²) < 4.78 is 0. The molecule has 0 nitrogen and oxygen atoms in total. The molecule has 0 bridgehead atoms. The van der Waals surface area contributed by atoms with Gasteiger partial charge in [-0.3, -0.25) is 0 Å². The second kappa shape index (κ2) is 3.71. The Balaban J connectivity index is 3.56. The van der Waals surface area contributed by atoms with E-state index in [0.29, 0.717) is 5.88 Å². The van der Waals surface area contributed by atoms with E-state index in [1.54, 1.807) is 0 Å². The highest BCUT2D eigenvalue weighted by molar-refractivity contribution is 6.17. The minimum Gasteiger partial charge on any atom is -0.122 e. The largest absolute Gasteiger partial charge is 0.122 e. The highest BCUT2D eigenvalue weighted by Gasteiger charge is 2.10. The van der Waals surface area contributed by atoms with E-state index in [4.69, 9.17) is 11.6 Å². The maximum Gasteiger partial charge on any atom is 0.0479 e. The van der Waals surface area contributed by atoms with Crippen molar-refractivity contribution in [3.05, 3.63) is 40.3 Å². The zero-order valence-electron chi connectivity index (χ0n) is 8.79. The first-order valence-corrected chi connectivity index (χ1v) is 5.01. The van der Waals surface area contributed by atoms with Crippen LogP contribution in [-0.4, -0.2) is 0 Å². The monoisotopic (exact) mass is 195 g/mol. The van der Waals surface area contributed by atoms with Crippen LogP contribution in [0.5, 0.6) is 0 Å². The normalized spacial score (nSPS) is 10.6. The molecule has 0 spiro atoms. The molecule has 0 saturated heterocycles. The minimum absolute atomic E-state index is 0.597. The summed E-state index contributed by atoms with van der Waals surface area (Å²) in [6.45, 7) is 12.5. The van der Waals surface area contributed by atoms with Gasteiger partial charge in [0.1, 0.15) is 0 Å². The molecule has 0 amide bonds. The molecule has 71 valence electrons. The van der Waals surface area contributed by atoms with Crippen molar-refractivity contribution in [2.45, 2.75) is 33.6 Å². The van der Waals surface area contributed by atoms with Crippen LogP contribution in [0.4, 0.5) is 0 Å². The van der Waals surface area contributed by atoms with Crippen molar-refractivity contribution in [3.8, 4) is 0 Å². The molecule has 0 fully saturated rings. The van der Waals surface area contributed by atoms with Crippen LogP contribution in [0.3, 0.4) is 0 Å². The van der Waals surface area contributed by atoms with Crippen molar-refractivity contribution in [3.63, 3.8) is 0 Å². The fraction of sp³-hybridized carbons (Fsp3) is 0.417. The van der Waals surface area contributed by atoms with Crippen LogP contribution in [0.15, 0.2) is 0 Å². The predicted octanol–water partition coefficient (Wildman–Crippen LogP) is 3.84. The van der Waals surface area contributed by atoms with Gasteiger partial charge in [-0.05, 0) is 68.0 Å². The van der Waals surface area contributed by atoms with E-state index in [-0.39, 0.29) is 0 Å². The van der Waals surface area contributed by atoms with Gasteiger partial charge in [0.05, 0.1) is 0 Å². The predicted molar refractivity (Wildman–Crippen MR) is 59.4 cm³/mol. The van der Waals surface area contributed by atoms with Crippen molar-refractivity contribution in [2.24, 2.45) is 0 Å². The topological polar surface area (TPSA) is 0 Å². The van der Waals surface area contributed by atoms with Crippen molar-refractivity contribution in [1.29, 1.82) is 0 Å². The average molecular weight is 196 g/mol. The first-order chi connectivity index (χ1) is 6.00. The lowest BCUT2D eigenvalue weighted by atomic mass is 9.90. The van der Waals surface area contributed by atoms with Crippen LogP contribution in [0.25, 0.3) is 0 Å². The molecule has 0 heterocycles. The number of alkyl halides is 1. The number of benzene rings is 1. The fourth-order valence-electron chi connectivity index (χ4n) is 1.67. The van der Waals surface area contributed by atoms with E-state index in [9.17, 15) is 0 Å². The lowest BCUT2D eigenvalue weighted by Crippen LogP contribution is -2.00. The molecule has 13 heavy (non-hydrogen) atoms. The number of hydrogen-bond acceptors (Lipinski definition) is 0. The van der Waals surface area contributed by atoms with Gasteiger partial charge in [-0.1, -0.05) is 0 Å². The van der Waals surface area contributed by atoms with E-state index < -0.39 is 0 Å². The van der Waals surface area contributed by atoms with Crippen LogP contribution in [0.2, 0.25) is 0 Å². The van der Waals surface area contributed by atoms with Crippen LogP contribution < -0.4 is 0 Å². The summed E-state index contributed by atoms with van der Waals surface area (Å²) in [4.78, 5) is 0. The number of hydrogen-bond donors (Lipinski definition) is 0. The Morgan fingerprint density at radius 1 is 0.923 bits per heavy atom. The van der Waals surface area contributed by atoms with Gasteiger partial charge in [0, 0.05) is 5.88 Å². The lowest BCUT2D eigenvalue weighted by Gasteiger charge is -2.16. The van der Waals surface area contributed by atoms with E-state index in [2.05, 4.69) is 34.6 Å². The molecule has 0 saturated carbocycles. The van der Waals surface area contributed by atoms with Crippen molar-refractivity contribution < 1.29 is 0 Å². The quantitative estimate of drug-likeness (QED) is 0.598. The molecule has 1 aromatic carbocycles. The molecule has 0 aliphatic carbocycles. The van der Waals surface area contributed by atoms with Gasteiger partial charge in [0.25, 0.3) is 0 Å². The van der Waals surface area contributed by atoms with Crippen LogP contribution in [0, 0.1) is 34.6 Å². The van der Waals surface area contributed by atoms with Gasteiger partial charge in [0.2, 0.25) is 0 Å². The number of rotatable bonds is 1. The third kappa shape index (κ3) is 1.60. The third-order valence-electron chi connectivity index (χ3n) is 3.07. The molecule has 1 heteroatoms. The summed E-state index contributed by atoms with van der Waals surface area (Å²) in [5.74, 6) is 0.597. The molecule has 1 rings (SSSR count). The zero-order valence-corrected chi connectivity index (χ0v) is 9.55. The van der Waals surface area contributed by atoms with Crippen molar-refractivity contribution in [2.75, 3.05) is 0 Å². The molecule has 0 unspecified atom stereocenters. The highest BCUT2D eigenvalue weighted by Crippen LogP contribution is 2.26. The van der Waals surface area contributed by atoms with E-state index in [0.717, 1.165) is 5.56 Å². The Kier molecular flexibility index (Phi) is 3.02. The van der Waals surface area contributed by atoms with Crippen LogP contribution in [-0.2, 0) is 5.88 Å². The van der Waals surface area contributed by atoms with Crippen molar-refractivity contribution in [1.82, 2.24) is 0 Å². The van der Waals surface area contributed by atoms with Gasteiger partial charge >= 0.3 is 0 Å². The lowest BCUT2D eigenvalue weighted by molar-refractivity contribution is 1.14. The Morgan fingerprint density at radius 3 is 1.62 bits per heavy atom. The van der Waals surface area contributed by atoms with E-state index >= 15 is 0 Å². The molecule has 0 aliphatic heterocycles. The Morgan fingerprint density at radius 2 is 1.31 bits per heavy atom. The molecule has 0 atom stereocenters. The summed E-state index contributed by atoms with van der Waals surface area (Å²) in [5, 5.41) is 0. The first kappa shape index (κ1) is 10.6. The fourth-order valence-corrected chi connectivity index (χ4v) is 2.07. The molecule has 1 aromatic rings. The van der Waals surface area contributed by atoms with E-state index in [1.807, 2.05) is 0 Å². The highest BCUT2D eigenvalue weighted by atomic mass is 35.5. The summed E-state index contributed by atoms with van der Waals surface area (Å²) in [6, 6.07) is 0. The SMILES string of the molecule is [CH2]c1c(C)c(C)c(CCl)c(C)c1C. The van der Waals surface area contributed by atoms with Gasteiger partial charge < -0.3 is 0 Å². The summed E-state index contributed by atoms with van der Waals surface area (Å²) in [6.07, 6.45) is 0. The molecule has 0 N–H and O–H groups in total. The summed E-state index contributed by atoms with van der Waals surface area (Å²) in [5.41, 5.74) is 7.57. The van der Waals surface area contributed by atoms with E-state index in [1.165, 1.54) is 27.8 Å². The minimum atomic E-state index is 0.597. The van der Waals surface area contributed by atoms with Gasteiger partial charge in [-0.25, -0.2) is 0 Å². The molecule has 0 aliphatic rings. The zero-order chi connectivity index (χ0) is 10.2. The third-order valence-corrected chi connectivity index (χ3v) is 3.34. The molecule has 0 aromatic heterocycles. The summed E-state index contributed by atoms with van der Waals surface area (Å²) in [7, 11) is 0. The van der Waals surface area contributed by atoms with Crippen LogP contribution in [0.1, 0.15) is 33.4 Å². The smallest absolute Gasteiger partial charge is 0.0479 e. The van der Waals surface area contributed by atoms with Crippen LogP contribution >= 0.6 is 11.6 Å². The second-order valence-corrected chi connectivity index (χ2v) is 3.86. The summed E-state index contributed by atoms with van der Waals surface area (Å²) >= 11 is 5.91. The molecular weight excluding hydrogens is 180 g/mol. The standard InChI is InChI=1S/C12H16Cl/c1-7-8(2)10(4)12(6-13)11(5)9(7)3/h1,6H2,2-5H3. The Labute approximate surface area is 85.9 Å².